The zero-order valence-corrected chi connectivity index (χ0v) is 18.5. The molecule has 0 spiro atoms. The highest BCUT2D eigenvalue weighted by atomic mass is 16.6. The second-order valence-electron chi connectivity index (χ2n) is 11.9. The van der Waals surface area contributed by atoms with Crippen molar-refractivity contribution < 1.29 is 9.72 Å². The first-order chi connectivity index (χ1) is 14.9. The average molecular weight is 423 g/mol. The Hall–Kier alpha value is -1.91. The summed E-state index contributed by atoms with van der Waals surface area (Å²) in [5, 5.41) is 14.6. The predicted octanol–water partition coefficient (Wildman–Crippen LogP) is 5.37. The lowest BCUT2D eigenvalue weighted by atomic mass is 9.42. The summed E-state index contributed by atoms with van der Waals surface area (Å²) in [6.45, 7) is 2.25. The SMILES string of the molecule is C[C@H](NC(=O)C12C[C@H]3C[C@@H](C1)CC(c1ccc([N+](=O)[O-])cc1)(C3)C2)[C@H]1C[C@H]2CC[C@H]1C2. The van der Waals surface area contributed by atoms with Crippen molar-refractivity contribution in [3.63, 3.8) is 0 Å². The van der Waals surface area contributed by atoms with Gasteiger partial charge < -0.3 is 5.32 Å². The molecule has 0 aromatic heterocycles. The van der Waals surface area contributed by atoms with Crippen molar-refractivity contribution in [2.75, 3.05) is 0 Å². The van der Waals surface area contributed by atoms with Crippen LogP contribution in [0.2, 0.25) is 0 Å². The van der Waals surface area contributed by atoms with E-state index >= 15 is 0 Å². The second kappa shape index (κ2) is 6.79. The third-order valence-corrected chi connectivity index (χ3v) is 10.0. The van der Waals surface area contributed by atoms with Crippen molar-refractivity contribution in [3.05, 3.63) is 39.9 Å². The lowest BCUT2D eigenvalue weighted by molar-refractivity contribution is -0.384. The number of rotatable bonds is 5. The molecule has 0 radical (unpaired) electrons. The fourth-order valence-corrected chi connectivity index (χ4v) is 9.18. The molecule has 6 aliphatic carbocycles. The minimum absolute atomic E-state index is 0.0201. The van der Waals surface area contributed by atoms with E-state index < -0.39 is 0 Å². The maximum Gasteiger partial charge on any atom is 0.269 e. The molecule has 1 amide bonds. The Morgan fingerprint density at radius 3 is 2.32 bits per heavy atom. The number of amides is 1. The van der Waals surface area contributed by atoms with Gasteiger partial charge in [-0.25, -0.2) is 0 Å². The van der Waals surface area contributed by atoms with Crippen LogP contribution in [0.3, 0.4) is 0 Å². The van der Waals surface area contributed by atoms with E-state index in [2.05, 4.69) is 12.2 Å². The minimum Gasteiger partial charge on any atom is -0.353 e. The fraction of sp³-hybridized carbons (Fsp3) is 0.731. The van der Waals surface area contributed by atoms with Gasteiger partial charge in [0.2, 0.25) is 5.91 Å². The maximum absolute atomic E-state index is 13.8. The van der Waals surface area contributed by atoms with Crippen LogP contribution in [0, 0.1) is 45.1 Å². The van der Waals surface area contributed by atoms with Crippen LogP contribution in [-0.2, 0) is 10.2 Å². The Morgan fingerprint density at radius 1 is 1.03 bits per heavy atom. The van der Waals surface area contributed by atoms with Gasteiger partial charge in [-0.3, -0.25) is 14.9 Å². The first-order valence-corrected chi connectivity index (χ1v) is 12.4. The molecule has 31 heavy (non-hydrogen) atoms. The number of non-ortho nitro benzene ring substituents is 1. The first-order valence-electron chi connectivity index (χ1n) is 12.4. The van der Waals surface area contributed by atoms with E-state index in [0.717, 1.165) is 43.9 Å². The van der Waals surface area contributed by atoms with Gasteiger partial charge in [0.15, 0.2) is 0 Å². The fourth-order valence-electron chi connectivity index (χ4n) is 9.18. The van der Waals surface area contributed by atoms with Crippen LogP contribution in [0.1, 0.15) is 76.7 Å². The van der Waals surface area contributed by atoms with Gasteiger partial charge in [0.1, 0.15) is 0 Å². The molecule has 5 heteroatoms. The average Bonchev–Trinajstić information content (AvgIpc) is 3.36. The molecule has 0 aliphatic heterocycles. The van der Waals surface area contributed by atoms with Gasteiger partial charge in [-0.15, -0.1) is 0 Å². The lowest BCUT2D eigenvalue weighted by Gasteiger charge is -2.61. The van der Waals surface area contributed by atoms with Gasteiger partial charge in [-0.1, -0.05) is 18.6 Å². The molecule has 166 valence electrons. The summed E-state index contributed by atoms with van der Waals surface area (Å²) in [5.41, 5.74) is 1.15. The van der Waals surface area contributed by atoms with Crippen molar-refractivity contribution in [2.24, 2.45) is 35.0 Å². The quantitative estimate of drug-likeness (QED) is 0.512. The summed E-state index contributed by atoms with van der Waals surface area (Å²) >= 11 is 0. The van der Waals surface area contributed by atoms with Gasteiger partial charge >= 0.3 is 0 Å². The number of hydrogen-bond acceptors (Lipinski definition) is 3. The molecule has 0 heterocycles. The van der Waals surface area contributed by atoms with Crippen molar-refractivity contribution >= 4 is 11.6 Å². The third-order valence-electron chi connectivity index (χ3n) is 10.0. The van der Waals surface area contributed by atoms with Crippen molar-refractivity contribution in [3.8, 4) is 0 Å². The first kappa shape index (κ1) is 19.8. The van der Waals surface area contributed by atoms with E-state index in [4.69, 9.17) is 0 Å². The van der Waals surface area contributed by atoms with Crippen LogP contribution < -0.4 is 5.32 Å². The molecule has 6 bridgehead atoms. The molecule has 1 aromatic carbocycles. The molecule has 2 unspecified atom stereocenters. The number of carbonyl (C=O) groups is 1. The summed E-state index contributed by atoms with van der Waals surface area (Å²) in [5.74, 6) is 3.92. The molecule has 8 atom stereocenters. The molecule has 1 aromatic rings. The van der Waals surface area contributed by atoms with Crippen LogP contribution in [0.15, 0.2) is 24.3 Å². The number of nitro benzene ring substituents is 1. The molecule has 6 fully saturated rings. The lowest BCUT2D eigenvalue weighted by Crippen LogP contribution is -2.60. The highest BCUT2D eigenvalue weighted by Crippen LogP contribution is 2.66. The zero-order valence-electron chi connectivity index (χ0n) is 18.5. The third kappa shape index (κ3) is 3.06. The number of nitrogens with one attached hydrogen (secondary N) is 1. The summed E-state index contributed by atoms with van der Waals surface area (Å²) in [4.78, 5) is 24.6. The predicted molar refractivity (Wildman–Crippen MR) is 118 cm³/mol. The topological polar surface area (TPSA) is 72.2 Å². The molecule has 6 aliphatic rings. The van der Waals surface area contributed by atoms with Gasteiger partial charge in [0, 0.05) is 18.2 Å². The van der Waals surface area contributed by atoms with Crippen molar-refractivity contribution in [2.45, 2.75) is 82.6 Å². The highest BCUT2D eigenvalue weighted by Gasteiger charge is 2.61. The zero-order chi connectivity index (χ0) is 21.4. The van der Waals surface area contributed by atoms with Gasteiger partial charge in [0.05, 0.1) is 10.3 Å². The molecule has 6 saturated carbocycles. The molecule has 7 rings (SSSR count). The summed E-state index contributed by atoms with van der Waals surface area (Å²) in [6.07, 6.45) is 11.9. The van der Waals surface area contributed by atoms with Gasteiger partial charge in [0.25, 0.3) is 5.69 Å². The van der Waals surface area contributed by atoms with E-state index in [1.165, 1.54) is 37.7 Å². The standard InChI is InChI=1S/C26H34N2O3/c1-16(23-10-17-2-3-20(23)9-17)27-24(29)26-13-18-8-19(14-26)12-25(11-18,15-26)21-4-6-22(7-5-21)28(30)31/h4-7,16-20,23H,2-3,8-15H2,1H3,(H,27,29)/t16-,17-,18-,19+,20-,23+,25?,26?/m0/s1. The van der Waals surface area contributed by atoms with E-state index in [9.17, 15) is 14.9 Å². The Bertz CT molecular complexity index is 896. The maximum atomic E-state index is 13.8. The second-order valence-corrected chi connectivity index (χ2v) is 11.9. The number of hydrogen-bond donors (Lipinski definition) is 1. The van der Waals surface area contributed by atoms with Crippen LogP contribution in [0.25, 0.3) is 0 Å². The Labute approximate surface area is 184 Å². The molecular formula is C26H34N2O3. The van der Waals surface area contributed by atoms with Crippen molar-refractivity contribution in [1.82, 2.24) is 5.32 Å². The monoisotopic (exact) mass is 422 g/mol. The van der Waals surface area contributed by atoms with Crippen LogP contribution in [-0.4, -0.2) is 16.9 Å². The van der Waals surface area contributed by atoms with Crippen LogP contribution in [0.5, 0.6) is 0 Å². The Kier molecular flexibility index (Phi) is 4.33. The number of nitro groups is 1. The van der Waals surface area contributed by atoms with E-state index in [0.29, 0.717) is 23.7 Å². The number of carbonyl (C=O) groups excluding carboxylic acids is 1. The number of fused-ring (bicyclic) bond motifs is 2. The summed E-state index contributed by atoms with van der Waals surface area (Å²) in [7, 11) is 0. The van der Waals surface area contributed by atoms with E-state index in [-0.39, 0.29) is 27.5 Å². The molecule has 5 nitrogen and oxygen atoms in total. The van der Waals surface area contributed by atoms with E-state index in [1.807, 2.05) is 12.1 Å². The number of benzene rings is 1. The Balaban J connectivity index is 1.24. The van der Waals surface area contributed by atoms with Crippen LogP contribution in [0.4, 0.5) is 5.69 Å². The number of nitrogens with zero attached hydrogens (tertiary/aromatic N) is 1. The molecule has 0 saturated heterocycles. The molecular weight excluding hydrogens is 388 g/mol. The normalized spacial score (nSPS) is 43.2. The van der Waals surface area contributed by atoms with Crippen LogP contribution >= 0.6 is 0 Å². The highest BCUT2D eigenvalue weighted by molar-refractivity contribution is 5.84. The largest absolute Gasteiger partial charge is 0.353 e. The Morgan fingerprint density at radius 2 is 1.74 bits per heavy atom. The summed E-state index contributed by atoms with van der Waals surface area (Å²) in [6, 6.07) is 7.52. The van der Waals surface area contributed by atoms with Gasteiger partial charge in [-0.2, -0.15) is 0 Å². The smallest absolute Gasteiger partial charge is 0.269 e. The summed E-state index contributed by atoms with van der Waals surface area (Å²) < 4.78 is 0. The van der Waals surface area contributed by atoms with Crippen molar-refractivity contribution in [1.29, 1.82) is 0 Å². The van der Waals surface area contributed by atoms with E-state index in [1.54, 1.807) is 12.1 Å². The van der Waals surface area contributed by atoms with Gasteiger partial charge in [-0.05, 0) is 105 Å². The molecule has 1 N–H and O–H groups in total. The minimum atomic E-state index is -0.324.